The van der Waals surface area contributed by atoms with Crippen molar-refractivity contribution in [2.24, 2.45) is 7.05 Å². The minimum Gasteiger partial charge on any atom is -0.330 e. The molecule has 1 atom stereocenters. The average molecular weight is 417 g/mol. The Labute approximate surface area is 167 Å². The van der Waals surface area contributed by atoms with Crippen LogP contribution in [0.25, 0.3) is 11.0 Å². The number of benzene rings is 2. The molecular formula is C19H17ClN4O3S. The van der Waals surface area contributed by atoms with Crippen LogP contribution in [0.3, 0.4) is 0 Å². The third kappa shape index (κ3) is 3.29. The molecule has 3 aromatic rings. The van der Waals surface area contributed by atoms with Crippen molar-refractivity contribution in [3.63, 3.8) is 0 Å². The Bertz CT molecular complexity index is 1230. The summed E-state index contributed by atoms with van der Waals surface area (Å²) in [6.07, 6.45) is 0. The van der Waals surface area contributed by atoms with Crippen molar-refractivity contribution in [3.8, 4) is 6.07 Å². The lowest BCUT2D eigenvalue weighted by atomic mass is 9.98. The van der Waals surface area contributed by atoms with Gasteiger partial charge in [-0.05, 0) is 30.3 Å². The number of nitriles is 1. The highest BCUT2D eigenvalue weighted by molar-refractivity contribution is 7.89. The highest BCUT2D eigenvalue weighted by atomic mass is 35.5. The maximum absolute atomic E-state index is 13.0. The van der Waals surface area contributed by atoms with Gasteiger partial charge in [0.2, 0.25) is 10.0 Å². The lowest BCUT2D eigenvalue weighted by molar-refractivity contribution is 0.0975. The van der Waals surface area contributed by atoms with Crippen molar-refractivity contribution in [1.29, 1.82) is 5.26 Å². The molecule has 7 nitrogen and oxygen atoms in total. The normalized spacial score (nSPS) is 12.9. The molecule has 1 heterocycles. The van der Waals surface area contributed by atoms with Crippen molar-refractivity contribution < 1.29 is 13.2 Å². The molecule has 9 heteroatoms. The Morgan fingerprint density at radius 2 is 1.93 bits per heavy atom. The summed E-state index contributed by atoms with van der Waals surface area (Å²) < 4.78 is 27.6. The zero-order chi connectivity index (χ0) is 20.6. The van der Waals surface area contributed by atoms with E-state index in [2.05, 4.69) is 4.98 Å². The van der Waals surface area contributed by atoms with Gasteiger partial charge in [-0.25, -0.2) is 17.7 Å². The summed E-state index contributed by atoms with van der Waals surface area (Å²) in [5.74, 6) is -1.44. The quantitative estimate of drug-likeness (QED) is 0.596. The van der Waals surface area contributed by atoms with Gasteiger partial charge in [0.1, 0.15) is 10.7 Å². The fourth-order valence-corrected chi connectivity index (χ4v) is 4.27. The number of sulfonamides is 1. The van der Waals surface area contributed by atoms with Gasteiger partial charge in [-0.1, -0.05) is 23.7 Å². The largest absolute Gasteiger partial charge is 0.330 e. The van der Waals surface area contributed by atoms with Gasteiger partial charge in [0.05, 0.1) is 22.1 Å². The Balaban J connectivity index is 2.10. The van der Waals surface area contributed by atoms with E-state index in [-0.39, 0.29) is 15.5 Å². The molecule has 0 aliphatic heterocycles. The maximum Gasteiger partial charge on any atom is 0.244 e. The van der Waals surface area contributed by atoms with Crippen LogP contribution in [0.4, 0.5) is 0 Å². The second-order valence-electron chi connectivity index (χ2n) is 6.38. The van der Waals surface area contributed by atoms with Crippen molar-refractivity contribution >= 4 is 38.4 Å². The number of hydrogen-bond acceptors (Lipinski definition) is 5. The summed E-state index contributed by atoms with van der Waals surface area (Å²) in [5, 5.41) is 9.66. The van der Waals surface area contributed by atoms with E-state index in [1.807, 2.05) is 24.3 Å². The van der Waals surface area contributed by atoms with Crippen LogP contribution in [0.5, 0.6) is 0 Å². The number of carbonyl (C=O) groups is 1. The van der Waals surface area contributed by atoms with Crippen LogP contribution in [0.2, 0.25) is 5.02 Å². The zero-order valence-corrected chi connectivity index (χ0v) is 17.0. The molecule has 28 heavy (non-hydrogen) atoms. The van der Waals surface area contributed by atoms with E-state index in [4.69, 9.17) is 11.6 Å². The van der Waals surface area contributed by atoms with Gasteiger partial charge in [-0.3, -0.25) is 4.79 Å². The molecule has 0 saturated carbocycles. The van der Waals surface area contributed by atoms with Gasteiger partial charge in [-0.2, -0.15) is 5.26 Å². The molecule has 0 N–H and O–H groups in total. The molecule has 2 aromatic carbocycles. The summed E-state index contributed by atoms with van der Waals surface area (Å²) in [6.45, 7) is 0. The number of hydrogen-bond donors (Lipinski definition) is 0. The average Bonchev–Trinajstić information content (AvgIpc) is 2.99. The standard InChI is InChI=1S/C19H17ClN4O3S/c1-23(2)28(26,27)17-10-12(8-9-14(17)20)18(25)13(11-21)19-22-15-6-4-5-7-16(15)24(19)3/h4-10,13H,1-3H3/t13-/m0/s1. The molecule has 3 rings (SSSR count). The van der Waals surface area contributed by atoms with E-state index in [1.54, 1.807) is 17.7 Å². The van der Waals surface area contributed by atoms with Crippen molar-refractivity contribution in [2.45, 2.75) is 10.8 Å². The van der Waals surface area contributed by atoms with E-state index in [9.17, 15) is 18.5 Å². The first-order chi connectivity index (χ1) is 13.2. The van der Waals surface area contributed by atoms with Gasteiger partial charge in [0, 0.05) is 26.7 Å². The number of imidazole rings is 1. The highest BCUT2D eigenvalue weighted by Gasteiger charge is 2.29. The van der Waals surface area contributed by atoms with Crippen LogP contribution in [-0.4, -0.2) is 42.2 Å². The second kappa shape index (κ2) is 7.36. The minimum atomic E-state index is -3.84. The van der Waals surface area contributed by atoms with Crippen LogP contribution in [0, 0.1) is 11.3 Å². The number of aromatic nitrogens is 2. The summed E-state index contributed by atoms with van der Waals surface area (Å²) in [4.78, 5) is 17.3. The topological polar surface area (TPSA) is 96.1 Å². The molecule has 0 saturated heterocycles. The van der Waals surface area contributed by atoms with E-state index in [0.29, 0.717) is 11.3 Å². The molecule has 0 radical (unpaired) electrons. The molecule has 0 unspecified atom stereocenters. The maximum atomic E-state index is 13.0. The number of Topliss-reactive ketones (excluding diaryl/α,β-unsaturated/α-hetero) is 1. The number of para-hydroxylation sites is 2. The Morgan fingerprint density at radius 1 is 1.25 bits per heavy atom. The SMILES string of the molecule is CN(C)S(=O)(=O)c1cc(C(=O)[C@H](C#N)c2nc3ccccc3n2C)ccc1Cl. The molecule has 0 bridgehead atoms. The number of ketones is 1. The van der Waals surface area contributed by atoms with E-state index < -0.39 is 21.7 Å². The third-order valence-corrected chi connectivity index (χ3v) is 6.74. The number of halogens is 1. The van der Waals surface area contributed by atoms with Crippen LogP contribution in [-0.2, 0) is 17.1 Å². The van der Waals surface area contributed by atoms with Gasteiger partial charge in [-0.15, -0.1) is 0 Å². The van der Waals surface area contributed by atoms with Crippen molar-refractivity contribution in [2.75, 3.05) is 14.1 Å². The molecule has 0 spiro atoms. The lowest BCUT2D eigenvalue weighted by Crippen LogP contribution is -2.23. The smallest absolute Gasteiger partial charge is 0.244 e. The molecule has 0 aliphatic rings. The predicted molar refractivity (Wildman–Crippen MR) is 106 cm³/mol. The lowest BCUT2D eigenvalue weighted by Gasteiger charge is -2.14. The summed E-state index contributed by atoms with van der Waals surface area (Å²) in [7, 11) is 0.630. The van der Waals surface area contributed by atoms with Crippen molar-refractivity contribution in [3.05, 3.63) is 58.9 Å². The molecule has 0 aliphatic carbocycles. The Hall–Kier alpha value is -2.73. The Kier molecular flexibility index (Phi) is 5.26. The fraction of sp³-hybridized carbons (Fsp3) is 0.211. The number of rotatable bonds is 5. The molecule has 1 aromatic heterocycles. The summed E-state index contributed by atoms with van der Waals surface area (Å²) >= 11 is 6.04. The zero-order valence-electron chi connectivity index (χ0n) is 15.4. The van der Waals surface area contributed by atoms with Gasteiger partial charge >= 0.3 is 0 Å². The van der Waals surface area contributed by atoms with E-state index >= 15 is 0 Å². The number of fused-ring (bicyclic) bond motifs is 1. The van der Waals surface area contributed by atoms with Crippen LogP contribution >= 0.6 is 11.6 Å². The molecular weight excluding hydrogens is 400 g/mol. The van der Waals surface area contributed by atoms with Gasteiger partial charge in [0.25, 0.3) is 0 Å². The number of nitrogens with zero attached hydrogens (tertiary/aromatic N) is 4. The Morgan fingerprint density at radius 3 is 2.54 bits per heavy atom. The van der Waals surface area contributed by atoms with Crippen molar-refractivity contribution in [1.82, 2.24) is 13.9 Å². The number of aryl methyl sites for hydroxylation is 1. The monoisotopic (exact) mass is 416 g/mol. The molecule has 144 valence electrons. The van der Waals surface area contributed by atoms with Crippen LogP contribution < -0.4 is 0 Å². The predicted octanol–water partition coefficient (Wildman–Crippen LogP) is 2.97. The first kappa shape index (κ1) is 20.0. The van der Waals surface area contributed by atoms with E-state index in [1.165, 1.54) is 32.3 Å². The molecule has 0 amide bonds. The molecule has 0 fully saturated rings. The summed E-state index contributed by atoms with van der Waals surface area (Å²) in [6, 6.07) is 13.2. The minimum absolute atomic E-state index is 0.00138. The van der Waals surface area contributed by atoms with Gasteiger partial charge in [0.15, 0.2) is 11.7 Å². The highest BCUT2D eigenvalue weighted by Crippen LogP contribution is 2.28. The fourth-order valence-electron chi connectivity index (χ4n) is 2.87. The first-order valence-electron chi connectivity index (χ1n) is 8.25. The summed E-state index contributed by atoms with van der Waals surface area (Å²) in [5.41, 5.74) is 1.53. The van der Waals surface area contributed by atoms with Crippen LogP contribution in [0.15, 0.2) is 47.4 Å². The second-order valence-corrected chi connectivity index (χ2v) is 8.90. The van der Waals surface area contributed by atoms with E-state index in [0.717, 1.165) is 9.82 Å². The number of carbonyl (C=O) groups excluding carboxylic acids is 1. The first-order valence-corrected chi connectivity index (χ1v) is 10.1. The third-order valence-electron chi connectivity index (χ3n) is 4.45. The van der Waals surface area contributed by atoms with Crippen LogP contribution in [0.1, 0.15) is 22.1 Å². The van der Waals surface area contributed by atoms with Gasteiger partial charge < -0.3 is 4.57 Å².